The molecule has 0 saturated carbocycles. The van der Waals surface area contributed by atoms with Crippen molar-refractivity contribution in [3.8, 4) is 40.2 Å². The lowest BCUT2D eigenvalue weighted by Crippen LogP contribution is -2.33. The first-order valence-corrected chi connectivity index (χ1v) is 13.6. The number of rotatable bonds is 5. The summed E-state index contributed by atoms with van der Waals surface area (Å²) in [4.78, 5) is 0. The van der Waals surface area contributed by atoms with Gasteiger partial charge in [-0.15, -0.1) is 0 Å². The lowest BCUT2D eigenvalue weighted by Gasteiger charge is -2.30. The molecule has 8 nitrogen and oxygen atoms in total. The molecule has 8 rings (SSSR count). The highest BCUT2D eigenvalue weighted by molar-refractivity contribution is 6.14. The van der Waals surface area contributed by atoms with Crippen molar-refractivity contribution in [3.05, 3.63) is 89.7 Å². The third-order valence-corrected chi connectivity index (χ3v) is 8.12. The molecule has 0 amide bonds. The molecule has 3 heterocycles. The number of aromatic hydroxyl groups is 1. The SMILES string of the molecule is COc1ccc(Cc2oc3cc4c(c(OC)c3c2O)C2Oc3c(c5ccccc5c5ccccc35)OC2O4)c(OC)c1. The zero-order valence-corrected chi connectivity index (χ0v) is 23.1. The van der Waals surface area contributed by atoms with Crippen LogP contribution in [0.25, 0.3) is 32.5 Å². The standard InChI is InChI=1S/C34H26O8/c1-36-18-13-12-17(23(15-18)37-2)14-26-29(35)27-24(39-26)16-25-28(32(27)38-3)33-34(40-25)42-31-22-11-7-5-9-20(22)19-8-4-6-10-21(19)30(31)41-33/h4-13,15-16,33-35H,14H2,1-3H3. The number of hydrogen-bond donors (Lipinski definition) is 1. The van der Waals surface area contributed by atoms with E-state index in [2.05, 4.69) is 12.1 Å². The molecular weight excluding hydrogens is 536 g/mol. The highest BCUT2D eigenvalue weighted by Crippen LogP contribution is 2.57. The molecule has 0 fully saturated rings. The van der Waals surface area contributed by atoms with Gasteiger partial charge in [0.05, 0.1) is 26.9 Å². The molecule has 42 heavy (non-hydrogen) atoms. The van der Waals surface area contributed by atoms with E-state index < -0.39 is 12.4 Å². The first-order valence-electron chi connectivity index (χ1n) is 13.6. The Morgan fingerprint density at radius 2 is 1.43 bits per heavy atom. The van der Waals surface area contributed by atoms with Crippen LogP contribution >= 0.6 is 0 Å². The number of furan rings is 1. The number of benzene rings is 5. The van der Waals surface area contributed by atoms with E-state index >= 15 is 0 Å². The first kappa shape index (κ1) is 24.5. The Morgan fingerprint density at radius 1 is 0.738 bits per heavy atom. The Kier molecular flexibility index (Phi) is 5.34. The van der Waals surface area contributed by atoms with E-state index in [4.69, 9.17) is 32.8 Å². The summed E-state index contributed by atoms with van der Waals surface area (Å²) in [5.41, 5.74) is 1.91. The fourth-order valence-electron chi connectivity index (χ4n) is 6.20. The van der Waals surface area contributed by atoms with Crippen molar-refractivity contribution in [1.29, 1.82) is 0 Å². The van der Waals surface area contributed by atoms with Crippen LogP contribution in [0.3, 0.4) is 0 Å². The molecule has 0 aliphatic carbocycles. The molecule has 2 aliphatic heterocycles. The van der Waals surface area contributed by atoms with Crippen molar-refractivity contribution in [2.75, 3.05) is 21.3 Å². The zero-order chi connectivity index (χ0) is 28.5. The molecule has 2 aliphatic rings. The summed E-state index contributed by atoms with van der Waals surface area (Å²) in [5.74, 6) is 3.87. The molecular formula is C34H26O8. The Hall–Kier alpha value is -5.24. The molecule has 0 radical (unpaired) electrons. The van der Waals surface area contributed by atoms with Crippen LogP contribution in [0.4, 0.5) is 0 Å². The molecule has 1 aromatic heterocycles. The van der Waals surface area contributed by atoms with Crippen LogP contribution in [0.5, 0.6) is 40.2 Å². The molecule has 0 bridgehead atoms. The predicted molar refractivity (Wildman–Crippen MR) is 157 cm³/mol. The summed E-state index contributed by atoms with van der Waals surface area (Å²) in [6, 6.07) is 23.5. The second kappa shape index (κ2) is 9.14. The maximum Gasteiger partial charge on any atom is 0.282 e. The van der Waals surface area contributed by atoms with Crippen LogP contribution in [0.15, 0.2) is 77.2 Å². The highest BCUT2D eigenvalue weighted by Gasteiger charge is 2.46. The van der Waals surface area contributed by atoms with E-state index in [1.54, 1.807) is 33.5 Å². The average Bonchev–Trinajstić information content (AvgIpc) is 3.55. The minimum Gasteiger partial charge on any atom is -0.504 e. The van der Waals surface area contributed by atoms with Crippen molar-refractivity contribution >= 4 is 32.5 Å². The van der Waals surface area contributed by atoms with E-state index in [0.717, 1.165) is 27.1 Å². The molecule has 8 heteroatoms. The maximum atomic E-state index is 11.4. The smallest absolute Gasteiger partial charge is 0.282 e. The third-order valence-electron chi connectivity index (χ3n) is 8.12. The van der Waals surface area contributed by atoms with Crippen molar-refractivity contribution < 1.29 is 37.9 Å². The Labute approximate surface area is 240 Å². The van der Waals surface area contributed by atoms with Crippen LogP contribution < -0.4 is 28.4 Å². The van der Waals surface area contributed by atoms with Crippen molar-refractivity contribution in [3.63, 3.8) is 0 Å². The summed E-state index contributed by atoms with van der Waals surface area (Å²) in [5, 5.41) is 15.9. The fourth-order valence-corrected chi connectivity index (χ4v) is 6.20. The quantitative estimate of drug-likeness (QED) is 0.219. The van der Waals surface area contributed by atoms with E-state index in [1.165, 1.54) is 0 Å². The number of methoxy groups -OCH3 is 3. The molecule has 210 valence electrons. The molecule has 0 spiro atoms. The van der Waals surface area contributed by atoms with Crippen LogP contribution in [0, 0.1) is 0 Å². The predicted octanol–water partition coefficient (Wildman–Crippen LogP) is 7.29. The van der Waals surface area contributed by atoms with E-state index in [0.29, 0.717) is 63.2 Å². The summed E-state index contributed by atoms with van der Waals surface area (Å²) in [7, 11) is 4.75. The van der Waals surface area contributed by atoms with Crippen LogP contribution in [0.2, 0.25) is 0 Å². The average molecular weight is 563 g/mol. The zero-order valence-electron chi connectivity index (χ0n) is 23.1. The van der Waals surface area contributed by atoms with Crippen LogP contribution in [0.1, 0.15) is 23.0 Å². The lowest BCUT2D eigenvalue weighted by molar-refractivity contribution is -0.0740. The van der Waals surface area contributed by atoms with Gasteiger partial charge in [-0.05, 0) is 16.8 Å². The molecule has 0 saturated heterocycles. The monoisotopic (exact) mass is 562 g/mol. The van der Waals surface area contributed by atoms with Crippen molar-refractivity contribution in [1.82, 2.24) is 0 Å². The Bertz CT molecular complexity index is 2040. The molecule has 2 atom stereocenters. The van der Waals surface area contributed by atoms with Gasteiger partial charge in [-0.2, -0.15) is 0 Å². The van der Waals surface area contributed by atoms with Gasteiger partial charge in [0.2, 0.25) is 6.10 Å². The largest absolute Gasteiger partial charge is 0.504 e. The number of ether oxygens (including phenoxy) is 6. The normalized spacial score (nSPS) is 16.7. The highest BCUT2D eigenvalue weighted by atomic mass is 16.7. The van der Waals surface area contributed by atoms with Gasteiger partial charge in [-0.3, -0.25) is 0 Å². The van der Waals surface area contributed by atoms with Gasteiger partial charge in [-0.1, -0.05) is 54.6 Å². The summed E-state index contributed by atoms with van der Waals surface area (Å²) < 4.78 is 42.5. The molecule has 6 aromatic rings. The minimum absolute atomic E-state index is 0.0143. The van der Waals surface area contributed by atoms with E-state index in [9.17, 15) is 5.11 Å². The molecule has 2 unspecified atom stereocenters. The number of hydrogen-bond acceptors (Lipinski definition) is 8. The Balaban J connectivity index is 1.25. The third kappa shape index (κ3) is 3.41. The van der Waals surface area contributed by atoms with Gasteiger partial charge in [-0.25, -0.2) is 0 Å². The summed E-state index contributed by atoms with van der Waals surface area (Å²) in [6.07, 6.45) is -1.08. The van der Waals surface area contributed by atoms with Gasteiger partial charge in [0, 0.05) is 34.9 Å². The lowest BCUT2D eigenvalue weighted by atomic mass is 9.98. The second-order valence-electron chi connectivity index (χ2n) is 10.3. The van der Waals surface area contributed by atoms with Crippen molar-refractivity contribution in [2.45, 2.75) is 18.8 Å². The topological polar surface area (TPSA) is 88.8 Å². The van der Waals surface area contributed by atoms with E-state index in [1.807, 2.05) is 48.5 Å². The van der Waals surface area contributed by atoms with Gasteiger partial charge in [0.15, 0.2) is 23.0 Å². The number of fused-ring (bicyclic) bond motifs is 10. The van der Waals surface area contributed by atoms with Gasteiger partial charge >= 0.3 is 0 Å². The summed E-state index contributed by atoms with van der Waals surface area (Å²) >= 11 is 0. The summed E-state index contributed by atoms with van der Waals surface area (Å²) in [6.45, 7) is 0. The van der Waals surface area contributed by atoms with Gasteiger partial charge < -0.3 is 37.9 Å². The van der Waals surface area contributed by atoms with Gasteiger partial charge in [0.1, 0.15) is 34.0 Å². The Morgan fingerprint density at radius 3 is 2.10 bits per heavy atom. The minimum atomic E-state index is -0.748. The van der Waals surface area contributed by atoms with Crippen LogP contribution in [-0.2, 0) is 6.42 Å². The van der Waals surface area contributed by atoms with Crippen molar-refractivity contribution in [2.24, 2.45) is 0 Å². The second-order valence-corrected chi connectivity index (χ2v) is 10.3. The van der Waals surface area contributed by atoms with E-state index in [-0.39, 0.29) is 5.75 Å². The first-order chi connectivity index (χ1) is 20.6. The van der Waals surface area contributed by atoms with Crippen LogP contribution in [-0.4, -0.2) is 32.7 Å². The maximum absolute atomic E-state index is 11.4. The fraction of sp³-hybridized carbons (Fsp3) is 0.176. The molecule has 5 aromatic carbocycles. The molecule has 1 N–H and O–H groups in total. The van der Waals surface area contributed by atoms with Gasteiger partial charge in [0.25, 0.3) is 6.29 Å².